The van der Waals surface area contributed by atoms with Crippen LogP contribution in [0.5, 0.6) is 0 Å². The van der Waals surface area contributed by atoms with E-state index in [1.54, 1.807) is 18.2 Å². The number of alkyl halides is 3. The van der Waals surface area contributed by atoms with Crippen molar-refractivity contribution >= 4 is 10.0 Å². The van der Waals surface area contributed by atoms with E-state index in [-0.39, 0.29) is 12.6 Å². The van der Waals surface area contributed by atoms with Crippen LogP contribution in [0, 0.1) is 19.7 Å². The molecule has 0 saturated heterocycles. The number of aryl methyl sites for hydroxylation is 2. The minimum atomic E-state index is -4.99. The van der Waals surface area contributed by atoms with Gasteiger partial charge in [-0.25, -0.2) is 17.5 Å². The summed E-state index contributed by atoms with van der Waals surface area (Å²) in [4.78, 5) is -0.657. The summed E-state index contributed by atoms with van der Waals surface area (Å²) in [5.41, 5.74) is 1.75. The molecule has 0 aliphatic carbocycles. The molecular weight excluding hydrogens is 422 g/mol. The van der Waals surface area contributed by atoms with Crippen molar-refractivity contribution in [2.45, 2.75) is 38.0 Å². The molecule has 0 unspecified atom stereocenters. The summed E-state index contributed by atoms with van der Waals surface area (Å²) in [7, 11) is -4.27. The van der Waals surface area contributed by atoms with E-state index in [0.717, 1.165) is 23.0 Å². The predicted octanol–water partition coefficient (Wildman–Crippen LogP) is 4.18. The van der Waals surface area contributed by atoms with Gasteiger partial charge in [-0.2, -0.15) is 18.3 Å². The van der Waals surface area contributed by atoms with Gasteiger partial charge in [-0.15, -0.1) is 0 Å². The highest BCUT2D eigenvalue weighted by atomic mass is 32.2. The third-order valence-electron chi connectivity index (χ3n) is 4.45. The van der Waals surface area contributed by atoms with Gasteiger partial charge in [0.15, 0.2) is 0 Å². The van der Waals surface area contributed by atoms with Crippen molar-refractivity contribution in [3.63, 3.8) is 0 Å². The zero-order valence-electron chi connectivity index (χ0n) is 16.2. The topological polar surface area (TPSA) is 64.0 Å². The van der Waals surface area contributed by atoms with Crippen molar-refractivity contribution in [3.8, 4) is 0 Å². The van der Waals surface area contributed by atoms with Crippen LogP contribution in [-0.4, -0.2) is 18.2 Å². The Balaban J connectivity index is 1.76. The van der Waals surface area contributed by atoms with Crippen molar-refractivity contribution in [3.05, 3.63) is 82.4 Å². The van der Waals surface area contributed by atoms with Gasteiger partial charge >= 0.3 is 6.18 Å². The summed E-state index contributed by atoms with van der Waals surface area (Å²) in [6, 6.07) is 10.6. The van der Waals surface area contributed by atoms with Gasteiger partial charge in [-0.05, 0) is 49.2 Å². The van der Waals surface area contributed by atoms with E-state index in [1.165, 1.54) is 0 Å². The summed E-state index contributed by atoms with van der Waals surface area (Å²) in [5.74, 6) is -1.53. The molecule has 0 radical (unpaired) electrons. The fourth-order valence-electron chi connectivity index (χ4n) is 3.00. The maximum atomic E-state index is 13.4. The first kappa shape index (κ1) is 22.0. The molecule has 0 aliphatic heterocycles. The predicted molar refractivity (Wildman–Crippen MR) is 103 cm³/mol. The van der Waals surface area contributed by atoms with Crippen LogP contribution < -0.4 is 4.72 Å². The molecule has 0 fully saturated rings. The summed E-state index contributed by atoms with van der Waals surface area (Å²) in [6.07, 6.45) is -4.99. The first-order chi connectivity index (χ1) is 14.0. The molecule has 0 amide bonds. The average Bonchev–Trinajstić information content (AvgIpc) is 2.96. The smallest absolute Gasteiger partial charge is 0.265 e. The molecule has 0 spiro atoms. The quantitative estimate of drug-likeness (QED) is 0.584. The van der Waals surface area contributed by atoms with E-state index >= 15 is 0 Å². The van der Waals surface area contributed by atoms with Gasteiger partial charge in [0.1, 0.15) is 5.82 Å². The molecule has 2 aromatic carbocycles. The van der Waals surface area contributed by atoms with Crippen LogP contribution in [0.25, 0.3) is 0 Å². The summed E-state index contributed by atoms with van der Waals surface area (Å²) >= 11 is 0. The van der Waals surface area contributed by atoms with E-state index in [4.69, 9.17) is 0 Å². The maximum Gasteiger partial charge on any atom is 0.419 e. The molecule has 0 saturated carbocycles. The van der Waals surface area contributed by atoms with Crippen LogP contribution in [-0.2, 0) is 29.3 Å². The summed E-state index contributed by atoms with van der Waals surface area (Å²) in [6.45, 7) is 4.17. The highest BCUT2D eigenvalue weighted by Gasteiger charge is 2.35. The number of halogens is 4. The minimum Gasteiger partial charge on any atom is -0.265 e. The van der Waals surface area contributed by atoms with Gasteiger partial charge in [0, 0.05) is 12.2 Å². The van der Waals surface area contributed by atoms with Gasteiger partial charge in [-0.1, -0.05) is 24.3 Å². The Kier molecular flexibility index (Phi) is 6.00. The summed E-state index contributed by atoms with van der Waals surface area (Å²) in [5, 5.41) is 4.38. The van der Waals surface area contributed by atoms with Crippen molar-refractivity contribution in [2.24, 2.45) is 0 Å². The molecule has 0 atom stereocenters. The van der Waals surface area contributed by atoms with Crippen molar-refractivity contribution in [1.29, 1.82) is 0 Å². The van der Waals surface area contributed by atoms with Gasteiger partial charge in [0.2, 0.25) is 10.0 Å². The number of sulfonamides is 1. The fraction of sp³-hybridized carbons (Fsp3) is 0.250. The molecule has 30 heavy (non-hydrogen) atoms. The van der Waals surface area contributed by atoms with Crippen LogP contribution in [0.4, 0.5) is 17.6 Å². The van der Waals surface area contributed by atoms with Crippen LogP contribution in [0.15, 0.2) is 53.4 Å². The highest BCUT2D eigenvalue weighted by molar-refractivity contribution is 7.89. The number of hydrogen-bond donors (Lipinski definition) is 1. The van der Waals surface area contributed by atoms with Gasteiger partial charge in [-0.3, -0.25) is 4.68 Å². The number of nitrogens with one attached hydrogen (secondary N) is 1. The fourth-order valence-corrected chi connectivity index (χ4v) is 4.04. The van der Waals surface area contributed by atoms with Crippen molar-refractivity contribution in [1.82, 2.24) is 14.5 Å². The Labute approximate surface area is 171 Å². The zero-order valence-corrected chi connectivity index (χ0v) is 17.0. The Morgan fingerprint density at radius 1 is 1.03 bits per heavy atom. The van der Waals surface area contributed by atoms with Crippen LogP contribution in [0.2, 0.25) is 0 Å². The first-order valence-corrected chi connectivity index (χ1v) is 10.4. The summed E-state index contributed by atoms with van der Waals surface area (Å²) < 4.78 is 80.9. The highest BCUT2D eigenvalue weighted by Crippen LogP contribution is 2.32. The number of aromatic nitrogens is 2. The van der Waals surface area contributed by atoms with E-state index < -0.39 is 32.5 Å². The lowest BCUT2D eigenvalue weighted by atomic mass is 10.1. The lowest BCUT2D eigenvalue weighted by molar-refractivity contribution is -0.140. The Morgan fingerprint density at radius 3 is 2.37 bits per heavy atom. The maximum absolute atomic E-state index is 13.4. The number of benzene rings is 2. The first-order valence-electron chi connectivity index (χ1n) is 8.91. The van der Waals surface area contributed by atoms with Gasteiger partial charge in [0.05, 0.1) is 22.7 Å². The van der Waals surface area contributed by atoms with E-state index in [2.05, 4.69) is 9.82 Å². The molecule has 1 N–H and O–H groups in total. The van der Waals surface area contributed by atoms with E-state index in [9.17, 15) is 26.0 Å². The number of hydrogen-bond acceptors (Lipinski definition) is 3. The van der Waals surface area contributed by atoms with Crippen LogP contribution >= 0.6 is 0 Å². The Hall–Kier alpha value is -2.72. The van der Waals surface area contributed by atoms with Crippen LogP contribution in [0.1, 0.15) is 28.1 Å². The molecule has 10 heteroatoms. The van der Waals surface area contributed by atoms with Crippen molar-refractivity contribution in [2.75, 3.05) is 0 Å². The van der Waals surface area contributed by atoms with E-state index in [0.29, 0.717) is 18.2 Å². The number of nitrogens with zero attached hydrogens (tertiary/aromatic N) is 2. The van der Waals surface area contributed by atoms with Crippen molar-refractivity contribution < 1.29 is 26.0 Å². The Bertz CT molecular complexity index is 1170. The van der Waals surface area contributed by atoms with Gasteiger partial charge < -0.3 is 0 Å². The zero-order chi connectivity index (χ0) is 22.1. The van der Waals surface area contributed by atoms with Gasteiger partial charge in [0.25, 0.3) is 0 Å². The minimum absolute atomic E-state index is 0.133. The third kappa shape index (κ3) is 5.06. The SMILES string of the molecule is Cc1cc(C)n(Cc2cccc(CNS(=O)(=O)c3ccc(F)c(C(F)(F)F)c3)c2)n1. The molecule has 1 heterocycles. The lowest BCUT2D eigenvalue weighted by Gasteiger charge is -2.12. The molecule has 1 aromatic heterocycles. The second-order valence-electron chi connectivity index (χ2n) is 6.87. The molecule has 0 aliphatic rings. The second-order valence-corrected chi connectivity index (χ2v) is 8.64. The molecule has 3 rings (SSSR count). The normalized spacial score (nSPS) is 12.3. The molecule has 160 valence electrons. The Morgan fingerprint density at radius 2 is 1.73 bits per heavy atom. The number of rotatable bonds is 6. The molecule has 5 nitrogen and oxygen atoms in total. The average molecular weight is 441 g/mol. The third-order valence-corrected chi connectivity index (χ3v) is 5.85. The molecule has 0 bridgehead atoms. The second kappa shape index (κ2) is 8.19. The molecular formula is C20H19F4N3O2S. The monoisotopic (exact) mass is 441 g/mol. The lowest BCUT2D eigenvalue weighted by Crippen LogP contribution is -2.24. The standard InChI is InChI=1S/C20H19F4N3O2S/c1-13-8-14(2)27(26-13)12-16-5-3-4-15(9-16)11-25-30(28,29)17-6-7-19(21)18(10-17)20(22,23)24/h3-10,25H,11-12H2,1-2H3. The van der Waals surface area contributed by atoms with E-state index in [1.807, 2.05) is 30.7 Å². The van der Waals surface area contributed by atoms with Crippen LogP contribution in [0.3, 0.4) is 0 Å². The largest absolute Gasteiger partial charge is 0.419 e. The molecule has 3 aromatic rings.